The maximum atomic E-state index is 11.8. The largest absolute Gasteiger partial charge is 0.448 e. The van der Waals surface area contributed by atoms with Crippen molar-refractivity contribution in [1.29, 1.82) is 0 Å². The molecule has 1 aromatic heterocycles. The van der Waals surface area contributed by atoms with Gasteiger partial charge < -0.3 is 14.5 Å². The molecule has 1 saturated carbocycles. The fourth-order valence-electron chi connectivity index (χ4n) is 1.51. The summed E-state index contributed by atoms with van der Waals surface area (Å²) in [6, 6.07) is 0.606. The maximum absolute atomic E-state index is 11.8. The van der Waals surface area contributed by atoms with Gasteiger partial charge in [-0.2, -0.15) is 0 Å². The first-order valence-electron chi connectivity index (χ1n) is 5.76. The van der Waals surface area contributed by atoms with Gasteiger partial charge >= 0.3 is 0 Å². The third-order valence-corrected chi connectivity index (χ3v) is 2.58. The summed E-state index contributed by atoms with van der Waals surface area (Å²) in [5.41, 5.74) is 0.845. The Morgan fingerprint density at radius 1 is 1.53 bits per heavy atom. The Morgan fingerprint density at radius 3 is 3.06 bits per heavy atom. The first-order chi connectivity index (χ1) is 8.25. The molecule has 96 valence electrons. The van der Waals surface area contributed by atoms with Gasteiger partial charge in [-0.15, -0.1) is 0 Å². The van der Waals surface area contributed by atoms with E-state index >= 15 is 0 Å². The van der Waals surface area contributed by atoms with Crippen molar-refractivity contribution in [3.05, 3.63) is 17.8 Å². The van der Waals surface area contributed by atoms with E-state index < -0.39 is 13.0 Å². The number of hydrogen-bond acceptors (Lipinski definition) is 4. The number of hydrogen-bond donors (Lipinski definition) is 1. The first kappa shape index (κ1) is 12.4. The molecule has 0 aliphatic heterocycles. The normalized spacial score (nSPS) is 15.7. The molecule has 0 saturated heterocycles. The van der Waals surface area contributed by atoms with Gasteiger partial charge in [0, 0.05) is 19.0 Å². The summed E-state index contributed by atoms with van der Waals surface area (Å²) in [6.45, 7) is 0.380. The molecule has 6 heteroatoms. The van der Waals surface area contributed by atoms with E-state index in [0.717, 1.165) is 5.69 Å². The molecule has 4 nitrogen and oxygen atoms in total. The number of rotatable bonds is 8. The van der Waals surface area contributed by atoms with Crippen molar-refractivity contribution < 1.29 is 17.9 Å². The minimum Gasteiger partial charge on any atom is -0.448 e. The molecule has 1 heterocycles. The predicted molar refractivity (Wildman–Crippen MR) is 56.9 cm³/mol. The number of nitrogens with one attached hydrogen (secondary N) is 1. The Morgan fingerprint density at radius 2 is 2.35 bits per heavy atom. The third kappa shape index (κ3) is 4.40. The summed E-state index contributed by atoms with van der Waals surface area (Å²) in [4.78, 5) is 4.10. The SMILES string of the molecule is FC(F)COCCc1ocnc1CNC1CC1. The Kier molecular flexibility index (Phi) is 4.44. The molecule has 0 radical (unpaired) electrons. The van der Waals surface area contributed by atoms with Crippen LogP contribution in [-0.4, -0.2) is 30.7 Å². The highest BCUT2D eigenvalue weighted by Crippen LogP contribution is 2.19. The van der Waals surface area contributed by atoms with E-state index in [0.29, 0.717) is 24.8 Å². The smallest absolute Gasteiger partial charge is 0.261 e. The molecular formula is C11H16F2N2O2. The van der Waals surface area contributed by atoms with Gasteiger partial charge in [0.05, 0.1) is 12.3 Å². The molecule has 0 bridgehead atoms. The molecule has 0 amide bonds. The van der Waals surface area contributed by atoms with Crippen LogP contribution in [0.1, 0.15) is 24.3 Å². The second-order valence-electron chi connectivity index (χ2n) is 4.09. The lowest BCUT2D eigenvalue weighted by molar-refractivity contribution is 0.0176. The number of ether oxygens (including phenoxy) is 1. The molecule has 1 fully saturated rings. The van der Waals surface area contributed by atoms with Crippen LogP contribution in [0.25, 0.3) is 0 Å². The van der Waals surface area contributed by atoms with E-state index in [-0.39, 0.29) is 6.61 Å². The zero-order valence-electron chi connectivity index (χ0n) is 9.49. The van der Waals surface area contributed by atoms with E-state index in [1.807, 2.05) is 0 Å². The van der Waals surface area contributed by atoms with Crippen LogP contribution in [0.15, 0.2) is 10.8 Å². The molecule has 1 aromatic rings. The Bertz CT molecular complexity index is 340. The van der Waals surface area contributed by atoms with Crippen LogP contribution in [0.5, 0.6) is 0 Å². The Balaban J connectivity index is 1.69. The van der Waals surface area contributed by atoms with Crippen LogP contribution < -0.4 is 5.32 Å². The number of halogens is 2. The van der Waals surface area contributed by atoms with Gasteiger partial charge in [0.15, 0.2) is 6.39 Å². The van der Waals surface area contributed by atoms with Gasteiger partial charge in [0.1, 0.15) is 12.4 Å². The summed E-state index contributed by atoms with van der Waals surface area (Å²) in [6.07, 6.45) is 1.87. The van der Waals surface area contributed by atoms with E-state index in [1.54, 1.807) is 0 Å². The molecule has 0 aromatic carbocycles. The van der Waals surface area contributed by atoms with Crippen LogP contribution in [0.2, 0.25) is 0 Å². The Hall–Kier alpha value is -1.01. The van der Waals surface area contributed by atoms with Crippen LogP contribution in [0.3, 0.4) is 0 Å². The van der Waals surface area contributed by atoms with Gasteiger partial charge in [-0.1, -0.05) is 0 Å². The molecule has 1 aliphatic rings. The lowest BCUT2D eigenvalue weighted by Gasteiger charge is -2.04. The molecule has 1 N–H and O–H groups in total. The number of nitrogens with zero attached hydrogens (tertiary/aromatic N) is 1. The van der Waals surface area contributed by atoms with Crippen molar-refractivity contribution in [1.82, 2.24) is 10.3 Å². The maximum Gasteiger partial charge on any atom is 0.261 e. The number of alkyl halides is 2. The van der Waals surface area contributed by atoms with E-state index in [2.05, 4.69) is 10.3 Å². The van der Waals surface area contributed by atoms with Crippen molar-refractivity contribution in [2.24, 2.45) is 0 Å². The van der Waals surface area contributed by atoms with Gasteiger partial charge in [-0.25, -0.2) is 13.8 Å². The highest BCUT2D eigenvalue weighted by molar-refractivity contribution is 5.07. The fraction of sp³-hybridized carbons (Fsp3) is 0.727. The van der Waals surface area contributed by atoms with Crippen LogP contribution in [0.4, 0.5) is 8.78 Å². The lowest BCUT2D eigenvalue weighted by Crippen LogP contribution is -2.17. The number of aromatic nitrogens is 1. The van der Waals surface area contributed by atoms with Crippen LogP contribution >= 0.6 is 0 Å². The van der Waals surface area contributed by atoms with E-state index in [1.165, 1.54) is 19.2 Å². The van der Waals surface area contributed by atoms with E-state index in [9.17, 15) is 8.78 Å². The van der Waals surface area contributed by atoms with E-state index in [4.69, 9.17) is 9.15 Å². The monoisotopic (exact) mass is 246 g/mol. The van der Waals surface area contributed by atoms with Gasteiger partial charge in [-0.05, 0) is 12.8 Å². The molecule has 0 atom stereocenters. The minimum atomic E-state index is -2.42. The lowest BCUT2D eigenvalue weighted by atomic mass is 10.2. The summed E-state index contributed by atoms with van der Waals surface area (Å²) < 4.78 is 33.7. The van der Waals surface area contributed by atoms with Gasteiger partial charge in [0.2, 0.25) is 0 Å². The molecule has 1 aliphatic carbocycles. The fourth-order valence-corrected chi connectivity index (χ4v) is 1.51. The zero-order chi connectivity index (χ0) is 12.1. The number of oxazole rings is 1. The van der Waals surface area contributed by atoms with Crippen LogP contribution in [-0.2, 0) is 17.7 Å². The topological polar surface area (TPSA) is 47.3 Å². The average molecular weight is 246 g/mol. The first-order valence-corrected chi connectivity index (χ1v) is 5.76. The van der Waals surface area contributed by atoms with Crippen molar-refractivity contribution in [2.45, 2.75) is 38.3 Å². The molecule has 0 spiro atoms. The molecule has 2 rings (SSSR count). The van der Waals surface area contributed by atoms with Crippen LogP contribution in [0, 0.1) is 0 Å². The van der Waals surface area contributed by atoms with Crippen molar-refractivity contribution >= 4 is 0 Å². The van der Waals surface area contributed by atoms with Crippen molar-refractivity contribution in [2.75, 3.05) is 13.2 Å². The summed E-state index contributed by atoms with van der Waals surface area (Å²) in [5.74, 6) is 0.715. The highest BCUT2D eigenvalue weighted by Gasteiger charge is 2.21. The Labute approximate surface area is 98.4 Å². The molecule has 0 unspecified atom stereocenters. The second kappa shape index (κ2) is 6.07. The quantitative estimate of drug-likeness (QED) is 0.710. The highest BCUT2D eigenvalue weighted by atomic mass is 19.3. The van der Waals surface area contributed by atoms with Gasteiger partial charge in [0.25, 0.3) is 6.43 Å². The average Bonchev–Trinajstić information content (AvgIpc) is 3.02. The summed E-state index contributed by atoms with van der Waals surface area (Å²) in [5, 5.41) is 3.32. The zero-order valence-corrected chi connectivity index (χ0v) is 9.49. The minimum absolute atomic E-state index is 0.232. The second-order valence-corrected chi connectivity index (χ2v) is 4.09. The summed E-state index contributed by atoms with van der Waals surface area (Å²) >= 11 is 0. The molecule has 17 heavy (non-hydrogen) atoms. The third-order valence-electron chi connectivity index (χ3n) is 2.58. The standard InChI is InChI=1S/C11H16F2N2O2/c12-11(13)6-16-4-3-10-9(15-7-17-10)5-14-8-1-2-8/h7-8,11,14H,1-6H2. The van der Waals surface area contributed by atoms with Gasteiger partial charge in [-0.3, -0.25) is 0 Å². The predicted octanol–water partition coefficient (Wildman–Crippen LogP) is 1.75. The molecular weight excluding hydrogens is 230 g/mol. The van der Waals surface area contributed by atoms with Crippen molar-refractivity contribution in [3.8, 4) is 0 Å². The summed E-state index contributed by atoms with van der Waals surface area (Å²) in [7, 11) is 0. The van der Waals surface area contributed by atoms with Crippen molar-refractivity contribution in [3.63, 3.8) is 0 Å².